The van der Waals surface area contributed by atoms with E-state index in [1.807, 2.05) is 39.0 Å². The number of rotatable bonds is 5. The molecule has 118 valence electrons. The van der Waals surface area contributed by atoms with Crippen LogP contribution >= 0.6 is 15.9 Å². The van der Waals surface area contributed by atoms with Crippen LogP contribution in [-0.4, -0.2) is 36.7 Å². The Morgan fingerprint density at radius 3 is 2.67 bits per heavy atom. The summed E-state index contributed by atoms with van der Waals surface area (Å²) in [7, 11) is 1.74. The molecule has 1 aromatic rings. The number of nitrogens with one attached hydrogen (secondary N) is 1. The monoisotopic (exact) mass is 357 g/mol. The van der Waals surface area contributed by atoms with Crippen molar-refractivity contribution < 1.29 is 9.53 Å². The van der Waals surface area contributed by atoms with Crippen molar-refractivity contribution in [3.05, 3.63) is 22.7 Å². The second kappa shape index (κ2) is 7.54. The van der Waals surface area contributed by atoms with E-state index in [2.05, 4.69) is 21.2 Å². The average molecular weight is 358 g/mol. The first-order valence-corrected chi connectivity index (χ1v) is 7.72. The Hall–Kier alpha value is -1.43. The molecule has 0 aliphatic carbocycles. The fourth-order valence-electron chi connectivity index (χ4n) is 1.69. The molecule has 1 rings (SSSR count). The Morgan fingerprint density at radius 1 is 1.43 bits per heavy atom. The maximum Gasteiger partial charge on any atom is 0.410 e. The number of carbonyl (C=O) groups is 1. The number of ether oxygens (including phenoxy) is 1. The van der Waals surface area contributed by atoms with Crippen molar-refractivity contribution >= 4 is 33.4 Å². The normalized spacial score (nSPS) is 11.1. The van der Waals surface area contributed by atoms with Gasteiger partial charge in [-0.15, -0.1) is 0 Å². The first-order valence-electron chi connectivity index (χ1n) is 6.92. The molecule has 0 spiro atoms. The van der Waals surface area contributed by atoms with Crippen molar-refractivity contribution in [2.24, 2.45) is 0 Å². The first-order chi connectivity index (χ1) is 9.70. The molecule has 0 atom stereocenters. The lowest BCUT2D eigenvalue weighted by Gasteiger charge is -2.24. The topological polar surface area (TPSA) is 67.6 Å². The number of halogens is 1. The highest BCUT2D eigenvalue weighted by Gasteiger charge is 2.19. The summed E-state index contributed by atoms with van der Waals surface area (Å²) in [4.78, 5) is 13.4. The second-order valence-electron chi connectivity index (χ2n) is 5.89. The number of nitrogens with zero attached hydrogens (tertiary/aromatic N) is 1. The van der Waals surface area contributed by atoms with Crippen LogP contribution < -0.4 is 11.1 Å². The molecule has 21 heavy (non-hydrogen) atoms. The maximum atomic E-state index is 11.8. The molecular weight excluding hydrogens is 334 g/mol. The number of anilines is 2. The minimum absolute atomic E-state index is 0.303. The molecule has 0 aromatic heterocycles. The van der Waals surface area contributed by atoms with E-state index in [1.165, 1.54) is 0 Å². The number of hydrogen-bond acceptors (Lipinski definition) is 4. The summed E-state index contributed by atoms with van der Waals surface area (Å²) in [6, 6.07) is 5.67. The number of para-hydroxylation sites is 1. The molecule has 1 aromatic carbocycles. The summed E-state index contributed by atoms with van der Waals surface area (Å²) >= 11 is 3.46. The molecule has 6 heteroatoms. The van der Waals surface area contributed by atoms with Gasteiger partial charge in [-0.2, -0.15) is 0 Å². The van der Waals surface area contributed by atoms with E-state index >= 15 is 0 Å². The van der Waals surface area contributed by atoms with E-state index in [4.69, 9.17) is 10.5 Å². The Labute approximate surface area is 135 Å². The lowest BCUT2D eigenvalue weighted by Crippen LogP contribution is -2.35. The lowest BCUT2D eigenvalue weighted by molar-refractivity contribution is 0.0298. The fraction of sp³-hybridized carbons (Fsp3) is 0.533. The third kappa shape index (κ3) is 6.25. The first kappa shape index (κ1) is 17.6. The van der Waals surface area contributed by atoms with Crippen molar-refractivity contribution in [2.75, 3.05) is 31.2 Å². The van der Waals surface area contributed by atoms with Crippen LogP contribution in [0.4, 0.5) is 16.2 Å². The van der Waals surface area contributed by atoms with Crippen LogP contribution in [0.5, 0.6) is 0 Å². The van der Waals surface area contributed by atoms with Gasteiger partial charge in [0, 0.05) is 24.6 Å². The number of amides is 1. The van der Waals surface area contributed by atoms with Gasteiger partial charge in [0.05, 0.1) is 11.4 Å². The summed E-state index contributed by atoms with van der Waals surface area (Å²) in [5, 5.41) is 3.27. The molecule has 0 bridgehead atoms. The number of nitrogen functional groups attached to an aromatic ring is 1. The van der Waals surface area contributed by atoms with E-state index in [0.29, 0.717) is 12.2 Å². The van der Waals surface area contributed by atoms with Crippen LogP contribution in [0.2, 0.25) is 0 Å². The van der Waals surface area contributed by atoms with Crippen LogP contribution in [0.3, 0.4) is 0 Å². The van der Waals surface area contributed by atoms with E-state index in [0.717, 1.165) is 23.1 Å². The fourth-order valence-corrected chi connectivity index (χ4v) is 2.21. The van der Waals surface area contributed by atoms with Crippen LogP contribution in [0.15, 0.2) is 22.7 Å². The molecule has 0 radical (unpaired) electrons. The predicted octanol–water partition coefficient (Wildman–Crippen LogP) is 3.70. The zero-order chi connectivity index (χ0) is 16.0. The summed E-state index contributed by atoms with van der Waals surface area (Å²) in [6.45, 7) is 6.91. The predicted molar refractivity (Wildman–Crippen MR) is 90.5 cm³/mol. The average Bonchev–Trinajstić information content (AvgIpc) is 2.35. The Bertz CT molecular complexity index is 466. The zero-order valence-corrected chi connectivity index (χ0v) is 14.7. The van der Waals surface area contributed by atoms with Gasteiger partial charge in [-0.05, 0) is 55.3 Å². The molecule has 0 saturated carbocycles. The molecule has 0 fully saturated rings. The van der Waals surface area contributed by atoms with Crippen molar-refractivity contribution in [1.82, 2.24) is 4.90 Å². The quantitative estimate of drug-likeness (QED) is 0.622. The van der Waals surface area contributed by atoms with Crippen LogP contribution in [0.1, 0.15) is 27.2 Å². The van der Waals surface area contributed by atoms with Crippen molar-refractivity contribution in [1.29, 1.82) is 0 Å². The van der Waals surface area contributed by atoms with Gasteiger partial charge < -0.3 is 20.7 Å². The Kier molecular flexibility index (Phi) is 6.33. The number of benzene rings is 1. The van der Waals surface area contributed by atoms with Gasteiger partial charge in [0.15, 0.2) is 0 Å². The molecule has 5 nitrogen and oxygen atoms in total. The molecule has 0 aliphatic rings. The van der Waals surface area contributed by atoms with Gasteiger partial charge in [0.25, 0.3) is 0 Å². The standard InChI is InChI=1S/C15H24BrN3O2/c1-15(2,3)21-14(20)19(4)10-6-9-18-13-11(16)7-5-8-12(13)17/h5,7-8,18H,6,9-10,17H2,1-4H3. The second-order valence-corrected chi connectivity index (χ2v) is 6.74. The van der Waals surface area contributed by atoms with Gasteiger partial charge in [-0.25, -0.2) is 4.79 Å². The van der Waals surface area contributed by atoms with Gasteiger partial charge in [0.1, 0.15) is 5.60 Å². The Morgan fingerprint density at radius 2 is 2.10 bits per heavy atom. The van der Waals surface area contributed by atoms with Gasteiger partial charge in [-0.1, -0.05) is 6.07 Å². The van der Waals surface area contributed by atoms with E-state index < -0.39 is 5.60 Å². The summed E-state index contributed by atoms with van der Waals surface area (Å²) in [6.07, 6.45) is 0.499. The highest BCUT2D eigenvalue weighted by molar-refractivity contribution is 9.10. The van der Waals surface area contributed by atoms with E-state index in [1.54, 1.807) is 11.9 Å². The van der Waals surface area contributed by atoms with Gasteiger partial charge >= 0.3 is 6.09 Å². The minimum atomic E-state index is -0.465. The smallest absolute Gasteiger partial charge is 0.410 e. The molecule has 0 saturated heterocycles. The highest BCUT2D eigenvalue weighted by atomic mass is 79.9. The summed E-state index contributed by atoms with van der Waals surface area (Å²) in [5.74, 6) is 0. The largest absolute Gasteiger partial charge is 0.444 e. The Balaban J connectivity index is 2.36. The molecule has 3 N–H and O–H groups in total. The van der Waals surface area contributed by atoms with Crippen molar-refractivity contribution in [2.45, 2.75) is 32.8 Å². The van der Waals surface area contributed by atoms with Crippen LogP contribution in [-0.2, 0) is 4.74 Å². The van der Waals surface area contributed by atoms with Crippen molar-refractivity contribution in [3.63, 3.8) is 0 Å². The van der Waals surface area contributed by atoms with Crippen LogP contribution in [0.25, 0.3) is 0 Å². The molecule has 1 amide bonds. The number of carbonyl (C=O) groups excluding carboxylic acids is 1. The third-order valence-corrected chi connectivity index (χ3v) is 3.38. The summed E-state index contributed by atoms with van der Waals surface area (Å²) in [5.41, 5.74) is 7.02. The third-order valence-electron chi connectivity index (χ3n) is 2.72. The molecule has 0 heterocycles. The van der Waals surface area contributed by atoms with E-state index in [-0.39, 0.29) is 6.09 Å². The highest BCUT2D eigenvalue weighted by Crippen LogP contribution is 2.28. The maximum absolute atomic E-state index is 11.8. The zero-order valence-electron chi connectivity index (χ0n) is 13.1. The van der Waals surface area contributed by atoms with Crippen molar-refractivity contribution in [3.8, 4) is 0 Å². The van der Waals surface area contributed by atoms with Gasteiger partial charge in [-0.3, -0.25) is 0 Å². The SMILES string of the molecule is CN(CCCNc1c(N)cccc1Br)C(=O)OC(C)(C)C. The minimum Gasteiger partial charge on any atom is -0.444 e. The van der Waals surface area contributed by atoms with Crippen LogP contribution in [0, 0.1) is 0 Å². The lowest BCUT2D eigenvalue weighted by atomic mass is 10.2. The molecular formula is C15H24BrN3O2. The molecule has 0 unspecified atom stereocenters. The number of nitrogens with two attached hydrogens (primary N) is 1. The summed E-state index contributed by atoms with van der Waals surface area (Å²) < 4.78 is 6.23. The van der Waals surface area contributed by atoms with Gasteiger partial charge in [0.2, 0.25) is 0 Å². The molecule has 0 aliphatic heterocycles. The number of hydrogen-bond donors (Lipinski definition) is 2. The van der Waals surface area contributed by atoms with E-state index in [9.17, 15) is 4.79 Å².